The van der Waals surface area contributed by atoms with Gasteiger partial charge in [0.15, 0.2) is 5.69 Å². The molecule has 1 aromatic heterocycles. The van der Waals surface area contributed by atoms with E-state index in [1.807, 2.05) is 0 Å². The number of ether oxygens (including phenoxy) is 1. The topological polar surface area (TPSA) is 59.4 Å². The van der Waals surface area contributed by atoms with Crippen LogP contribution in [0.25, 0.3) is 10.9 Å². The number of amides is 1. The average molecular weight is 382 g/mol. The van der Waals surface area contributed by atoms with E-state index >= 15 is 0 Å². The highest BCUT2D eigenvalue weighted by atomic mass is 19.4. The van der Waals surface area contributed by atoms with Gasteiger partial charge in [-0.3, -0.25) is 9.48 Å². The number of alkyl halides is 3. The molecule has 1 aromatic carbocycles. The second-order valence-electron chi connectivity index (χ2n) is 7.22. The quantitative estimate of drug-likeness (QED) is 0.883. The maximum atomic E-state index is 12.9. The molecule has 2 bridgehead atoms. The first kappa shape index (κ1) is 18.1. The van der Waals surface area contributed by atoms with Gasteiger partial charge in [0.2, 0.25) is 0 Å². The van der Waals surface area contributed by atoms with Crippen molar-refractivity contribution in [3.8, 4) is 5.75 Å². The van der Waals surface area contributed by atoms with Crippen LogP contribution in [-0.2, 0) is 6.54 Å². The molecule has 5 rings (SSSR count). The standard InChI is InChI=1S/C18H21F3N4O2/c1-27-12-2-3-15-13(8-12)16(23-25(15)10-18(19,20)21)17(26)22-14-9-24-6-4-11(14)5-7-24/h2-3,8,11,14H,4-7,9-10H2,1H3,(H,22,26)/t14-/m1/s1. The third kappa shape index (κ3) is 3.60. The van der Waals surface area contributed by atoms with Crippen molar-refractivity contribution in [1.29, 1.82) is 0 Å². The van der Waals surface area contributed by atoms with E-state index in [9.17, 15) is 18.0 Å². The lowest BCUT2D eigenvalue weighted by Crippen LogP contribution is -2.57. The van der Waals surface area contributed by atoms with Crippen molar-refractivity contribution in [3.05, 3.63) is 23.9 Å². The van der Waals surface area contributed by atoms with Gasteiger partial charge in [0.05, 0.1) is 12.6 Å². The molecule has 0 spiro atoms. The molecular formula is C18H21F3N4O2. The number of hydrogen-bond acceptors (Lipinski definition) is 4. The summed E-state index contributed by atoms with van der Waals surface area (Å²) in [4.78, 5) is 15.2. The van der Waals surface area contributed by atoms with Crippen LogP contribution in [0.5, 0.6) is 5.75 Å². The lowest BCUT2D eigenvalue weighted by molar-refractivity contribution is -0.141. The maximum absolute atomic E-state index is 12.9. The smallest absolute Gasteiger partial charge is 0.408 e. The molecule has 1 N–H and O–H groups in total. The summed E-state index contributed by atoms with van der Waals surface area (Å²) >= 11 is 0. The number of fused-ring (bicyclic) bond motifs is 4. The molecule has 146 valence electrons. The fourth-order valence-corrected chi connectivity index (χ4v) is 4.11. The molecule has 6 nitrogen and oxygen atoms in total. The Bertz CT molecular complexity index is 856. The molecule has 9 heteroatoms. The Morgan fingerprint density at radius 1 is 1.33 bits per heavy atom. The third-order valence-electron chi connectivity index (χ3n) is 5.47. The second-order valence-corrected chi connectivity index (χ2v) is 7.22. The molecule has 0 radical (unpaired) electrons. The van der Waals surface area contributed by atoms with Crippen LogP contribution >= 0.6 is 0 Å². The third-order valence-corrected chi connectivity index (χ3v) is 5.47. The molecule has 1 amide bonds. The molecule has 1 atom stereocenters. The van der Waals surface area contributed by atoms with Gasteiger partial charge in [-0.15, -0.1) is 0 Å². The van der Waals surface area contributed by atoms with Gasteiger partial charge in [-0.1, -0.05) is 0 Å². The van der Waals surface area contributed by atoms with Crippen molar-refractivity contribution in [3.63, 3.8) is 0 Å². The molecule has 27 heavy (non-hydrogen) atoms. The van der Waals surface area contributed by atoms with Crippen molar-refractivity contribution in [1.82, 2.24) is 20.0 Å². The summed E-state index contributed by atoms with van der Waals surface area (Å²) in [6.07, 6.45) is -2.37. The Kier molecular flexibility index (Phi) is 4.49. The van der Waals surface area contributed by atoms with Gasteiger partial charge in [0.1, 0.15) is 12.3 Å². The first-order valence-corrected chi connectivity index (χ1v) is 8.98. The van der Waals surface area contributed by atoms with Gasteiger partial charge in [-0.05, 0) is 50.0 Å². The number of nitrogens with zero attached hydrogens (tertiary/aromatic N) is 3. The van der Waals surface area contributed by atoms with Crippen molar-refractivity contribution >= 4 is 16.8 Å². The summed E-state index contributed by atoms with van der Waals surface area (Å²) in [6.45, 7) is 1.61. The fourth-order valence-electron chi connectivity index (χ4n) is 4.11. The van der Waals surface area contributed by atoms with Gasteiger partial charge < -0.3 is 15.0 Å². The van der Waals surface area contributed by atoms with Gasteiger partial charge in [-0.25, -0.2) is 0 Å². The Balaban J connectivity index is 1.66. The first-order valence-electron chi connectivity index (χ1n) is 8.98. The second kappa shape index (κ2) is 6.70. The van der Waals surface area contributed by atoms with Crippen molar-refractivity contribution in [2.45, 2.75) is 31.6 Å². The van der Waals surface area contributed by atoms with E-state index in [-0.39, 0.29) is 17.3 Å². The molecule has 3 fully saturated rings. The van der Waals surface area contributed by atoms with Crippen LogP contribution < -0.4 is 10.1 Å². The maximum Gasteiger partial charge on any atom is 0.408 e. The lowest BCUT2D eigenvalue weighted by atomic mass is 9.84. The van der Waals surface area contributed by atoms with Crippen LogP contribution in [0, 0.1) is 5.92 Å². The van der Waals surface area contributed by atoms with E-state index in [0.29, 0.717) is 17.1 Å². The van der Waals surface area contributed by atoms with E-state index in [2.05, 4.69) is 15.3 Å². The molecule has 0 aliphatic carbocycles. The van der Waals surface area contributed by atoms with Crippen LogP contribution in [0.2, 0.25) is 0 Å². The highest BCUT2D eigenvalue weighted by Crippen LogP contribution is 2.29. The summed E-state index contributed by atoms with van der Waals surface area (Å²) in [5.41, 5.74) is 0.261. The van der Waals surface area contributed by atoms with Gasteiger partial charge in [0, 0.05) is 18.0 Å². The number of carbonyl (C=O) groups excluding carboxylic acids is 1. The monoisotopic (exact) mass is 382 g/mol. The molecule has 3 saturated heterocycles. The van der Waals surface area contributed by atoms with Crippen LogP contribution in [0.4, 0.5) is 13.2 Å². The normalized spacial score (nSPS) is 25.0. The number of hydrogen-bond donors (Lipinski definition) is 1. The molecule has 4 heterocycles. The number of piperidine rings is 3. The van der Waals surface area contributed by atoms with Crippen LogP contribution in [0.15, 0.2) is 18.2 Å². The Labute approximate surface area is 154 Å². The number of aromatic nitrogens is 2. The zero-order valence-corrected chi connectivity index (χ0v) is 14.9. The number of halogens is 3. The Hall–Kier alpha value is -2.29. The number of methoxy groups -OCH3 is 1. The Morgan fingerprint density at radius 3 is 2.67 bits per heavy atom. The largest absolute Gasteiger partial charge is 0.497 e. The predicted octanol–water partition coefficient (Wildman–Crippen LogP) is 2.43. The number of benzene rings is 1. The first-order chi connectivity index (χ1) is 12.8. The minimum absolute atomic E-state index is 0.00426. The molecular weight excluding hydrogens is 361 g/mol. The fraction of sp³-hybridized carbons (Fsp3) is 0.556. The van der Waals surface area contributed by atoms with Gasteiger partial charge >= 0.3 is 6.18 Å². The zero-order chi connectivity index (χ0) is 19.2. The van der Waals surface area contributed by atoms with Crippen molar-refractivity contribution in [2.24, 2.45) is 5.92 Å². The molecule has 3 aliphatic heterocycles. The van der Waals surface area contributed by atoms with E-state index < -0.39 is 18.6 Å². The molecule has 0 unspecified atom stereocenters. The molecule has 3 aliphatic rings. The predicted molar refractivity (Wildman–Crippen MR) is 92.8 cm³/mol. The minimum atomic E-state index is -4.43. The van der Waals surface area contributed by atoms with Gasteiger partial charge in [0.25, 0.3) is 5.91 Å². The summed E-state index contributed by atoms with van der Waals surface area (Å²) in [6, 6.07) is 4.62. The highest BCUT2D eigenvalue weighted by Gasteiger charge is 2.36. The SMILES string of the molecule is COc1ccc2c(c1)c(C(=O)N[C@@H]1CN3CCC1CC3)nn2CC(F)(F)F. The average Bonchev–Trinajstić information content (AvgIpc) is 2.99. The summed E-state index contributed by atoms with van der Waals surface area (Å²) < 4.78 is 44.7. The minimum Gasteiger partial charge on any atom is -0.497 e. The van der Waals surface area contributed by atoms with E-state index in [0.717, 1.165) is 37.2 Å². The summed E-state index contributed by atoms with van der Waals surface area (Å²) in [5, 5.41) is 7.35. The van der Waals surface area contributed by atoms with E-state index in [1.165, 1.54) is 13.2 Å². The van der Waals surface area contributed by atoms with Crippen molar-refractivity contribution in [2.75, 3.05) is 26.7 Å². The zero-order valence-electron chi connectivity index (χ0n) is 14.9. The Morgan fingerprint density at radius 2 is 2.07 bits per heavy atom. The van der Waals surface area contributed by atoms with Crippen LogP contribution in [-0.4, -0.2) is 59.5 Å². The number of rotatable bonds is 4. The highest BCUT2D eigenvalue weighted by molar-refractivity contribution is 6.05. The van der Waals surface area contributed by atoms with E-state index in [1.54, 1.807) is 12.1 Å². The molecule has 0 saturated carbocycles. The summed E-state index contributed by atoms with van der Waals surface area (Å²) in [7, 11) is 1.47. The summed E-state index contributed by atoms with van der Waals surface area (Å²) in [5.74, 6) is 0.441. The number of nitrogens with one attached hydrogen (secondary N) is 1. The lowest BCUT2D eigenvalue weighted by Gasteiger charge is -2.44. The van der Waals surface area contributed by atoms with Crippen LogP contribution in [0.1, 0.15) is 23.3 Å². The van der Waals surface area contributed by atoms with Crippen molar-refractivity contribution < 1.29 is 22.7 Å². The van der Waals surface area contributed by atoms with Crippen LogP contribution in [0.3, 0.4) is 0 Å². The number of carbonyl (C=O) groups is 1. The molecule has 2 aromatic rings. The van der Waals surface area contributed by atoms with E-state index in [4.69, 9.17) is 4.74 Å². The van der Waals surface area contributed by atoms with Gasteiger partial charge in [-0.2, -0.15) is 18.3 Å².